The van der Waals surface area contributed by atoms with E-state index in [9.17, 15) is 14.4 Å². The van der Waals surface area contributed by atoms with Gasteiger partial charge in [0.25, 0.3) is 0 Å². The van der Waals surface area contributed by atoms with Gasteiger partial charge < -0.3 is 18.9 Å². The highest BCUT2D eigenvalue weighted by Gasteiger charge is 2.50. The van der Waals surface area contributed by atoms with Crippen molar-refractivity contribution in [2.45, 2.75) is 32.8 Å². The Morgan fingerprint density at radius 2 is 1.63 bits per heavy atom. The Morgan fingerprint density at radius 3 is 2.28 bits per heavy atom. The summed E-state index contributed by atoms with van der Waals surface area (Å²) < 4.78 is 22.4. The third kappa shape index (κ3) is 6.26. The van der Waals surface area contributed by atoms with Crippen LogP contribution in [0.5, 0.6) is 17.2 Å². The number of fused-ring (bicyclic) bond motifs is 1. The van der Waals surface area contributed by atoms with E-state index in [2.05, 4.69) is 6.08 Å². The van der Waals surface area contributed by atoms with Crippen LogP contribution in [0.25, 0.3) is 6.08 Å². The van der Waals surface area contributed by atoms with Gasteiger partial charge in [-0.3, -0.25) is 14.4 Å². The first kappa shape index (κ1) is 29.8. The van der Waals surface area contributed by atoms with Crippen LogP contribution in [0.15, 0.2) is 84.0 Å². The van der Waals surface area contributed by atoms with E-state index in [0.29, 0.717) is 41.4 Å². The summed E-state index contributed by atoms with van der Waals surface area (Å²) in [6, 6.07) is 20.5. The minimum atomic E-state index is -0.513. The van der Waals surface area contributed by atoms with E-state index < -0.39 is 17.8 Å². The molecular formula is C36H36O7. The molecule has 0 bridgehead atoms. The Bertz CT molecular complexity index is 1550. The zero-order valence-electron chi connectivity index (χ0n) is 24.9. The molecule has 1 fully saturated rings. The second-order valence-corrected chi connectivity index (χ2v) is 10.9. The Balaban J connectivity index is 1.40. The summed E-state index contributed by atoms with van der Waals surface area (Å²) in [5.74, 6) is 0.0647. The van der Waals surface area contributed by atoms with Gasteiger partial charge in [-0.2, -0.15) is 0 Å². The summed E-state index contributed by atoms with van der Waals surface area (Å²) in [6.45, 7) is 4.46. The number of ether oxygens (including phenoxy) is 4. The van der Waals surface area contributed by atoms with Crippen molar-refractivity contribution in [1.82, 2.24) is 0 Å². The van der Waals surface area contributed by atoms with Crippen LogP contribution in [0.4, 0.5) is 0 Å². The molecule has 2 aliphatic rings. The van der Waals surface area contributed by atoms with Crippen molar-refractivity contribution in [3.8, 4) is 17.2 Å². The molecule has 0 N–H and O–H groups in total. The first-order valence-corrected chi connectivity index (χ1v) is 14.5. The Labute approximate surface area is 252 Å². The van der Waals surface area contributed by atoms with Gasteiger partial charge in [0.2, 0.25) is 0 Å². The van der Waals surface area contributed by atoms with Crippen molar-refractivity contribution in [1.29, 1.82) is 0 Å². The van der Waals surface area contributed by atoms with E-state index in [1.54, 1.807) is 33.3 Å². The number of rotatable bonds is 10. The topological polar surface area (TPSA) is 88.1 Å². The molecule has 0 heterocycles. The van der Waals surface area contributed by atoms with Crippen LogP contribution >= 0.6 is 0 Å². The molecule has 222 valence electrons. The number of ketones is 1. The van der Waals surface area contributed by atoms with E-state index in [1.165, 1.54) is 0 Å². The lowest BCUT2D eigenvalue weighted by molar-refractivity contribution is -0.151. The molecule has 3 aromatic rings. The molecular weight excluding hydrogens is 544 g/mol. The summed E-state index contributed by atoms with van der Waals surface area (Å²) in [4.78, 5) is 38.2. The number of benzene rings is 3. The molecule has 0 saturated heterocycles. The van der Waals surface area contributed by atoms with Gasteiger partial charge in [0, 0.05) is 17.1 Å². The zero-order valence-corrected chi connectivity index (χ0v) is 24.9. The van der Waals surface area contributed by atoms with E-state index >= 15 is 0 Å². The summed E-state index contributed by atoms with van der Waals surface area (Å²) >= 11 is 0. The highest BCUT2D eigenvalue weighted by atomic mass is 16.5. The van der Waals surface area contributed by atoms with Crippen molar-refractivity contribution >= 4 is 24.1 Å². The van der Waals surface area contributed by atoms with Gasteiger partial charge in [0.05, 0.1) is 32.7 Å². The molecule has 1 saturated carbocycles. The van der Waals surface area contributed by atoms with Crippen LogP contribution < -0.4 is 14.2 Å². The second-order valence-electron chi connectivity index (χ2n) is 10.9. The molecule has 7 nitrogen and oxygen atoms in total. The van der Waals surface area contributed by atoms with Gasteiger partial charge in [0.1, 0.15) is 18.6 Å². The lowest BCUT2D eigenvalue weighted by Gasteiger charge is -2.37. The zero-order chi connectivity index (χ0) is 30.5. The third-order valence-electron chi connectivity index (χ3n) is 8.28. The number of hydrogen-bond donors (Lipinski definition) is 0. The number of methoxy groups -OCH3 is 2. The van der Waals surface area contributed by atoms with Crippen LogP contribution in [0.3, 0.4) is 0 Å². The lowest BCUT2D eigenvalue weighted by atomic mass is 9.65. The summed E-state index contributed by atoms with van der Waals surface area (Å²) in [5, 5.41) is 0. The fourth-order valence-corrected chi connectivity index (χ4v) is 6.22. The largest absolute Gasteiger partial charge is 0.493 e. The highest BCUT2D eigenvalue weighted by molar-refractivity contribution is 6.07. The summed E-state index contributed by atoms with van der Waals surface area (Å²) in [6.07, 6.45) is 5.36. The molecule has 0 radical (unpaired) electrons. The standard InChI is InChI=1S/C36H36O7/c1-5-42-36(39)32-22(2)16-27-18-28(35(38)34(27)33(32)26-12-15-30(40-3)31(19-26)41-4)17-23-10-13-29(14-11-23)43-21-25-8-6-24(20-37)7-9-25/h6-17,19-20,22,32-34H,5,18,21H2,1-4H3/b28-17+. The lowest BCUT2D eigenvalue weighted by Crippen LogP contribution is -2.38. The number of Topliss-reactive ketones (excluding diaryl/α,β-unsaturated/α-hetero) is 1. The Hall–Kier alpha value is -4.65. The smallest absolute Gasteiger partial charge is 0.310 e. The van der Waals surface area contributed by atoms with Gasteiger partial charge in [-0.05, 0) is 66.3 Å². The Morgan fingerprint density at radius 1 is 0.930 bits per heavy atom. The first-order valence-electron chi connectivity index (χ1n) is 14.5. The van der Waals surface area contributed by atoms with E-state index in [1.807, 2.05) is 67.6 Å². The summed E-state index contributed by atoms with van der Waals surface area (Å²) in [7, 11) is 3.15. The number of esters is 1. The summed E-state index contributed by atoms with van der Waals surface area (Å²) in [5.41, 5.74) is 5.06. The van der Waals surface area contributed by atoms with Crippen molar-refractivity contribution in [3.05, 3.63) is 106 Å². The minimum absolute atomic E-state index is 0.0198. The molecule has 0 aromatic heterocycles. The Kier molecular flexibility index (Phi) is 9.10. The second kappa shape index (κ2) is 13.1. The molecule has 3 aromatic carbocycles. The molecule has 4 unspecified atom stereocenters. The molecule has 2 aliphatic carbocycles. The van der Waals surface area contributed by atoms with E-state index in [4.69, 9.17) is 18.9 Å². The highest BCUT2D eigenvalue weighted by Crippen LogP contribution is 2.52. The number of allylic oxidation sites excluding steroid dienone is 3. The average Bonchev–Trinajstić information content (AvgIpc) is 3.33. The minimum Gasteiger partial charge on any atom is -0.493 e. The van der Waals surface area contributed by atoms with Crippen molar-refractivity contribution in [2.24, 2.45) is 17.8 Å². The maximum absolute atomic E-state index is 14.0. The molecule has 0 amide bonds. The predicted octanol–water partition coefficient (Wildman–Crippen LogP) is 6.61. The monoisotopic (exact) mass is 580 g/mol. The van der Waals surface area contributed by atoms with Crippen LogP contribution in [-0.4, -0.2) is 38.9 Å². The SMILES string of the molecule is CCOC(=O)C1C(C)C=C2C/C(=C\c3ccc(OCc4ccc(C=O)cc4)cc3)C(=O)C2C1c1ccc(OC)c(OC)c1. The van der Waals surface area contributed by atoms with Crippen LogP contribution in [0.2, 0.25) is 0 Å². The molecule has 7 heteroatoms. The van der Waals surface area contributed by atoms with E-state index in [0.717, 1.165) is 28.5 Å². The predicted molar refractivity (Wildman–Crippen MR) is 163 cm³/mol. The number of hydrogen-bond acceptors (Lipinski definition) is 7. The average molecular weight is 581 g/mol. The molecule has 0 aliphatic heterocycles. The van der Waals surface area contributed by atoms with Gasteiger partial charge in [-0.25, -0.2) is 0 Å². The maximum Gasteiger partial charge on any atom is 0.310 e. The van der Waals surface area contributed by atoms with Crippen LogP contribution in [0.1, 0.15) is 53.2 Å². The van der Waals surface area contributed by atoms with Crippen LogP contribution in [0, 0.1) is 17.8 Å². The van der Waals surface area contributed by atoms with Gasteiger partial charge in [0.15, 0.2) is 17.3 Å². The van der Waals surface area contributed by atoms with Crippen molar-refractivity contribution in [2.75, 3.05) is 20.8 Å². The first-order chi connectivity index (χ1) is 20.9. The van der Waals surface area contributed by atoms with Gasteiger partial charge in [-0.15, -0.1) is 0 Å². The third-order valence-corrected chi connectivity index (χ3v) is 8.28. The molecule has 0 spiro atoms. The molecule has 5 rings (SSSR count). The van der Waals surface area contributed by atoms with E-state index in [-0.39, 0.29) is 24.3 Å². The fourth-order valence-electron chi connectivity index (χ4n) is 6.22. The van der Waals surface area contributed by atoms with Crippen molar-refractivity contribution < 1.29 is 33.3 Å². The normalized spacial score (nSPS) is 22.0. The maximum atomic E-state index is 14.0. The molecule has 4 atom stereocenters. The van der Waals surface area contributed by atoms with Crippen molar-refractivity contribution in [3.63, 3.8) is 0 Å². The molecule has 43 heavy (non-hydrogen) atoms. The van der Waals surface area contributed by atoms with Gasteiger partial charge >= 0.3 is 5.97 Å². The number of aldehydes is 1. The van der Waals surface area contributed by atoms with Crippen LogP contribution in [-0.2, 0) is 20.9 Å². The fraction of sp³-hybridized carbons (Fsp3) is 0.306. The quantitative estimate of drug-likeness (QED) is 0.115. The van der Waals surface area contributed by atoms with Gasteiger partial charge in [-0.1, -0.05) is 61.0 Å². The number of carbonyl (C=O) groups is 3. The number of carbonyl (C=O) groups excluding carboxylic acids is 3.